The number of rotatable bonds is 2. The van der Waals surface area contributed by atoms with E-state index in [9.17, 15) is 18.0 Å². The van der Waals surface area contributed by atoms with E-state index in [0.29, 0.717) is 13.1 Å². The van der Waals surface area contributed by atoms with Gasteiger partial charge in [-0.1, -0.05) is 6.08 Å². The highest BCUT2D eigenvalue weighted by Crippen LogP contribution is 2.23. The lowest BCUT2D eigenvalue weighted by atomic mass is 10.00. The molecule has 0 aliphatic carbocycles. The van der Waals surface area contributed by atoms with Crippen LogP contribution in [0.2, 0.25) is 0 Å². The summed E-state index contributed by atoms with van der Waals surface area (Å²) in [7, 11) is 0. The van der Waals surface area contributed by atoms with Gasteiger partial charge in [0.1, 0.15) is 11.6 Å². The maximum Gasteiger partial charge on any atom is 0.430 e. The second-order valence-corrected chi connectivity index (χ2v) is 10.4. The van der Waals surface area contributed by atoms with Crippen LogP contribution < -0.4 is 10.4 Å². The molecule has 0 unspecified atom stereocenters. The number of carboxylic acids is 1. The Morgan fingerprint density at radius 1 is 0.950 bits per heavy atom. The standard InChI is InChI=1S/C16H22N2O2.C11H14N2.C2HF3O2/c1-12-11-14(5-8-17-12)13-6-9-18(10-7-13)15(19)20-16(2,3)4;1-9-8-11(4-7-13-9)10-2-5-12-6-3-10;3-2(4,5)1(6)7/h5-6,8,11H,7,9-10H2,1-4H3;2,4,7-8,12H,3,5-6H2,1H3;(H,6,7). The van der Waals surface area contributed by atoms with Gasteiger partial charge < -0.3 is 24.9 Å². The van der Waals surface area contributed by atoms with Crippen molar-refractivity contribution in [3.05, 3.63) is 71.3 Å². The molecule has 0 spiro atoms. The Labute approximate surface area is 233 Å². The average molecular weight is 563 g/mol. The van der Waals surface area contributed by atoms with Crippen molar-refractivity contribution in [2.45, 2.75) is 59.2 Å². The van der Waals surface area contributed by atoms with E-state index in [-0.39, 0.29) is 6.09 Å². The van der Waals surface area contributed by atoms with Crippen molar-refractivity contribution in [3.63, 3.8) is 0 Å². The van der Waals surface area contributed by atoms with Gasteiger partial charge in [-0.3, -0.25) is 9.97 Å². The predicted molar refractivity (Wildman–Crippen MR) is 144 cm³/mol. The molecular weight excluding hydrogens is 525 g/mol. The van der Waals surface area contributed by atoms with Crippen LogP contribution in [-0.2, 0) is 9.53 Å². The number of carbonyl (C=O) groups is 2. The highest BCUT2D eigenvalue weighted by molar-refractivity contribution is 5.73. The van der Waals surface area contributed by atoms with E-state index in [4.69, 9.17) is 14.6 Å². The van der Waals surface area contributed by atoms with Crippen molar-refractivity contribution in [1.29, 1.82) is 0 Å². The van der Waals surface area contributed by atoms with Gasteiger partial charge in [0.05, 0.1) is 13.1 Å². The van der Waals surface area contributed by atoms with Crippen molar-refractivity contribution < 1.29 is 37.9 Å². The Hall–Kier alpha value is -3.73. The third kappa shape index (κ3) is 11.6. The number of ether oxygens (including phenoxy) is 1. The first kappa shape index (κ1) is 32.5. The van der Waals surface area contributed by atoms with Gasteiger partial charge in [-0.25, -0.2) is 4.79 Å². The van der Waals surface area contributed by atoms with Gasteiger partial charge in [-0.2, -0.15) is 13.2 Å². The lowest BCUT2D eigenvalue weighted by molar-refractivity contribution is -0.646. The van der Waals surface area contributed by atoms with Crippen LogP contribution >= 0.6 is 0 Å². The number of nitrogens with zero attached hydrogens (tertiary/aromatic N) is 3. The molecule has 0 radical (unpaired) electrons. The normalized spacial score (nSPS) is 15.3. The summed E-state index contributed by atoms with van der Waals surface area (Å²) in [5, 5.41) is 11.1. The smallest absolute Gasteiger partial charge is 0.430 e. The molecule has 0 saturated heterocycles. The van der Waals surface area contributed by atoms with Crippen molar-refractivity contribution in [1.82, 2.24) is 14.9 Å². The predicted octanol–water partition coefficient (Wildman–Crippen LogP) is 3.45. The fraction of sp³-hybridized carbons (Fsp3) is 0.448. The molecule has 218 valence electrons. The molecule has 2 N–H and O–H groups in total. The summed E-state index contributed by atoms with van der Waals surface area (Å²) in [6.45, 7) is 13.3. The molecule has 0 fully saturated rings. The number of aliphatic carboxylic acids is 1. The molecule has 0 atom stereocenters. The summed E-state index contributed by atoms with van der Waals surface area (Å²) < 4.78 is 36.9. The minimum atomic E-state index is -5.19. The van der Waals surface area contributed by atoms with Crippen LogP contribution in [0.3, 0.4) is 0 Å². The van der Waals surface area contributed by atoms with E-state index in [1.807, 2.05) is 53.1 Å². The molecule has 8 nitrogen and oxygen atoms in total. The number of alkyl halides is 3. The van der Waals surface area contributed by atoms with Gasteiger partial charge in [0, 0.05) is 43.3 Å². The molecule has 0 bridgehead atoms. The molecule has 2 aromatic rings. The monoisotopic (exact) mass is 562 g/mol. The molecule has 2 aromatic heterocycles. The van der Waals surface area contributed by atoms with Crippen LogP contribution in [0.15, 0.2) is 48.8 Å². The number of hydrogen-bond donors (Lipinski definition) is 1. The third-order valence-corrected chi connectivity index (χ3v) is 5.78. The molecule has 4 heterocycles. The first-order valence-corrected chi connectivity index (χ1v) is 13.0. The summed E-state index contributed by atoms with van der Waals surface area (Å²) in [5.41, 5.74) is 6.97. The van der Waals surface area contributed by atoms with Crippen LogP contribution in [0.4, 0.5) is 18.0 Å². The zero-order valence-electron chi connectivity index (χ0n) is 23.5. The highest BCUT2D eigenvalue weighted by atomic mass is 19.4. The van der Waals surface area contributed by atoms with Gasteiger partial charge in [-0.05, 0) is 93.7 Å². The SMILES string of the molecule is Cc1cc(C2=CCN(C(=O)OC(C)(C)C)CC2)ccn1.Cc1cc(C2=CC[NH2+]CC2)ccn1.O=C([O-])C(F)(F)F. The highest BCUT2D eigenvalue weighted by Gasteiger charge is 2.29. The minimum absolute atomic E-state index is 0.237. The Morgan fingerprint density at radius 2 is 1.48 bits per heavy atom. The van der Waals surface area contributed by atoms with E-state index in [1.54, 1.807) is 4.90 Å². The average Bonchev–Trinajstić information content (AvgIpc) is 2.88. The molecule has 11 heteroatoms. The number of hydrogen-bond acceptors (Lipinski definition) is 6. The summed E-state index contributed by atoms with van der Waals surface area (Å²) in [6, 6.07) is 8.36. The second-order valence-electron chi connectivity index (χ2n) is 10.4. The summed E-state index contributed by atoms with van der Waals surface area (Å²) in [6.07, 6.45) is 4.74. The molecule has 40 heavy (non-hydrogen) atoms. The van der Waals surface area contributed by atoms with Gasteiger partial charge >= 0.3 is 12.3 Å². The quantitative estimate of drug-likeness (QED) is 0.600. The first-order chi connectivity index (χ1) is 18.7. The minimum Gasteiger partial charge on any atom is -0.542 e. The van der Waals surface area contributed by atoms with Crippen molar-refractivity contribution in [3.8, 4) is 0 Å². The maximum absolute atomic E-state index is 12.0. The zero-order valence-corrected chi connectivity index (χ0v) is 23.5. The lowest BCUT2D eigenvalue weighted by Crippen LogP contribution is -2.84. The number of halogens is 3. The van der Waals surface area contributed by atoms with Gasteiger partial charge in [0.2, 0.25) is 0 Å². The molecule has 1 amide bonds. The van der Waals surface area contributed by atoms with Crippen LogP contribution in [-0.4, -0.2) is 64.9 Å². The molecule has 2 aliphatic rings. The van der Waals surface area contributed by atoms with E-state index in [1.165, 1.54) is 35.2 Å². The lowest BCUT2D eigenvalue weighted by Gasteiger charge is -2.29. The molecule has 4 rings (SSSR count). The largest absolute Gasteiger partial charge is 0.542 e. The number of carboxylic acid groups (broad SMARTS) is 1. The number of nitrogens with two attached hydrogens (primary N) is 1. The number of quaternary nitrogens is 1. The van der Waals surface area contributed by atoms with E-state index in [0.717, 1.165) is 24.4 Å². The van der Waals surface area contributed by atoms with E-state index < -0.39 is 17.7 Å². The third-order valence-electron chi connectivity index (χ3n) is 5.78. The van der Waals surface area contributed by atoms with Crippen LogP contribution in [0.5, 0.6) is 0 Å². The maximum atomic E-state index is 12.0. The van der Waals surface area contributed by atoms with Crippen molar-refractivity contribution in [2.75, 3.05) is 26.2 Å². The summed E-state index contributed by atoms with van der Waals surface area (Å²) in [4.78, 5) is 30.9. The Bertz CT molecular complexity index is 1220. The second kappa shape index (κ2) is 14.6. The Morgan fingerprint density at radius 3 is 1.85 bits per heavy atom. The Balaban J connectivity index is 0.000000239. The van der Waals surface area contributed by atoms with Crippen molar-refractivity contribution >= 4 is 23.2 Å². The summed E-state index contributed by atoms with van der Waals surface area (Å²) in [5.74, 6) is -3.01. The van der Waals surface area contributed by atoms with Crippen LogP contribution in [0, 0.1) is 13.8 Å². The van der Waals surface area contributed by atoms with Gasteiger partial charge in [-0.15, -0.1) is 0 Å². The Kier molecular flexibility index (Phi) is 11.9. The fourth-order valence-corrected chi connectivity index (χ4v) is 3.88. The summed E-state index contributed by atoms with van der Waals surface area (Å²) >= 11 is 0. The zero-order chi connectivity index (χ0) is 29.9. The first-order valence-electron chi connectivity index (χ1n) is 13.0. The fourth-order valence-electron chi connectivity index (χ4n) is 3.88. The van der Waals surface area contributed by atoms with Gasteiger partial charge in [0.25, 0.3) is 0 Å². The number of aromatic nitrogens is 2. The molecular formula is C29H37F3N4O4. The van der Waals surface area contributed by atoms with E-state index >= 15 is 0 Å². The van der Waals surface area contributed by atoms with Crippen LogP contribution in [0.25, 0.3) is 11.1 Å². The molecule has 0 aromatic carbocycles. The number of amides is 1. The topological polar surface area (TPSA) is 112 Å². The van der Waals surface area contributed by atoms with Crippen molar-refractivity contribution in [2.24, 2.45) is 0 Å². The van der Waals surface area contributed by atoms with E-state index in [2.05, 4.69) is 45.6 Å². The molecule has 2 aliphatic heterocycles. The molecule has 0 saturated carbocycles. The number of carbonyl (C=O) groups excluding carboxylic acids is 2. The van der Waals surface area contributed by atoms with Gasteiger partial charge in [0.15, 0.2) is 0 Å². The number of pyridine rings is 2. The van der Waals surface area contributed by atoms with Crippen LogP contribution in [0.1, 0.15) is 56.1 Å². The number of aryl methyl sites for hydroxylation is 2.